The van der Waals surface area contributed by atoms with Gasteiger partial charge < -0.3 is 24.8 Å². The van der Waals surface area contributed by atoms with Crippen LogP contribution in [0.2, 0.25) is 0 Å². The summed E-state index contributed by atoms with van der Waals surface area (Å²) in [5, 5.41) is 21.4. The maximum atomic E-state index is 12.4. The summed E-state index contributed by atoms with van der Waals surface area (Å²) in [5.41, 5.74) is 1.02. The second kappa shape index (κ2) is 6.66. The number of nitrogens with one attached hydrogen (secondary N) is 1. The van der Waals surface area contributed by atoms with Crippen molar-refractivity contribution in [3.63, 3.8) is 0 Å². The molecular weight excluding hydrogens is 314 g/mol. The smallest absolute Gasteiger partial charge is 0.317 e. The van der Waals surface area contributed by atoms with Crippen LogP contribution in [0, 0.1) is 0 Å². The molecule has 0 aromatic carbocycles. The standard InChI is InChI=1S/C15H23N5O4/c21-12-9-24-13(8-20-7-11(17-18-20)10-1-2-10)14(12)16-15(22)19-3-5-23-6-4-19/h7,10,12-14,21H,1-6,8-9H2,(H,16,22)/t12-,13+,14+/m0/s1. The molecule has 2 saturated heterocycles. The number of carbonyl (C=O) groups is 1. The largest absolute Gasteiger partial charge is 0.388 e. The Morgan fingerprint density at radius 2 is 2.17 bits per heavy atom. The summed E-state index contributed by atoms with van der Waals surface area (Å²) < 4.78 is 12.7. The predicted molar refractivity (Wildman–Crippen MR) is 82.5 cm³/mol. The molecule has 0 unspecified atom stereocenters. The van der Waals surface area contributed by atoms with Crippen molar-refractivity contribution in [2.45, 2.75) is 43.6 Å². The van der Waals surface area contributed by atoms with E-state index in [-0.39, 0.29) is 18.7 Å². The van der Waals surface area contributed by atoms with Gasteiger partial charge in [-0.05, 0) is 12.8 Å². The summed E-state index contributed by atoms with van der Waals surface area (Å²) in [4.78, 5) is 14.1. The Morgan fingerprint density at radius 1 is 1.38 bits per heavy atom. The molecule has 4 rings (SSSR count). The minimum Gasteiger partial charge on any atom is -0.388 e. The van der Waals surface area contributed by atoms with Gasteiger partial charge in [-0.25, -0.2) is 9.48 Å². The third kappa shape index (κ3) is 3.38. The van der Waals surface area contributed by atoms with E-state index in [2.05, 4.69) is 15.6 Å². The number of morpholine rings is 1. The summed E-state index contributed by atoms with van der Waals surface area (Å²) >= 11 is 0. The normalized spacial score (nSPS) is 30.5. The van der Waals surface area contributed by atoms with Crippen molar-refractivity contribution in [1.29, 1.82) is 0 Å². The highest BCUT2D eigenvalue weighted by Crippen LogP contribution is 2.38. The molecular formula is C15H23N5O4. The first-order valence-electron chi connectivity index (χ1n) is 8.53. The number of rotatable bonds is 4. The number of nitrogens with zero attached hydrogens (tertiary/aromatic N) is 4. The molecule has 9 heteroatoms. The van der Waals surface area contributed by atoms with Gasteiger partial charge in [0.1, 0.15) is 12.2 Å². The lowest BCUT2D eigenvalue weighted by atomic mass is 10.1. The van der Waals surface area contributed by atoms with Crippen molar-refractivity contribution in [2.75, 3.05) is 32.9 Å². The molecule has 9 nitrogen and oxygen atoms in total. The van der Waals surface area contributed by atoms with E-state index in [1.807, 2.05) is 6.20 Å². The molecule has 1 aliphatic carbocycles. The number of hydrogen-bond donors (Lipinski definition) is 2. The van der Waals surface area contributed by atoms with Crippen LogP contribution in [0.15, 0.2) is 6.20 Å². The van der Waals surface area contributed by atoms with Gasteiger partial charge in [0.25, 0.3) is 0 Å². The van der Waals surface area contributed by atoms with E-state index in [1.54, 1.807) is 9.58 Å². The van der Waals surface area contributed by atoms with E-state index in [0.29, 0.717) is 38.8 Å². The third-order valence-corrected chi connectivity index (χ3v) is 4.80. The molecule has 2 aliphatic heterocycles. The number of aliphatic hydroxyl groups excluding tert-OH is 1. The first kappa shape index (κ1) is 15.8. The SMILES string of the molecule is O=C(N[C@@H]1[C@@H](O)CO[C@@H]1Cn1cc(C2CC2)nn1)N1CCOCC1. The highest BCUT2D eigenvalue weighted by atomic mass is 16.5. The lowest BCUT2D eigenvalue weighted by Crippen LogP contribution is -2.54. The van der Waals surface area contributed by atoms with Crippen molar-refractivity contribution in [1.82, 2.24) is 25.2 Å². The summed E-state index contributed by atoms with van der Waals surface area (Å²) in [6.45, 7) is 2.89. The fraction of sp³-hybridized carbons (Fsp3) is 0.800. The maximum absolute atomic E-state index is 12.4. The summed E-state index contributed by atoms with van der Waals surface area (Å²) in [5.74, 6) is 0.547. The van der Waals surface area contributed by atoms with Gasteiger partial charge in [0, 0.05) is 25.2 Å². The highest BCUT2D eigenvalue weighted by molar-refractivity contribution is 5.74. The minimum absolute atomic E-state index is 0.185. The number of amides is 2. The molecule has 3 aliphatic rings. The van der Waals surface area contributed by atoms with Gasteiger partial charge >= 0.3 is 6.03 Å². The van der Waals surface area contributed by atoms with E-state index >= 15 is 0 Å². The van der Waals surface area contributed by atoms with Gasteiger partial charge in [0.2, 0.25) is 0 Å². The Labute approximate surface area is 139 Å². The predicted octanol–water partition coefficient (Wildman–Crippen LogP) is -0.674. The zero-order valence-electron chi connectivity index (χ0n) is 13.5. The topological polar surface area (TPSA) is 102 Å². The van der Waals surface area contributed by atoms with Crippen LogP contribution in [0.3, 0.4) is 0 Å². The Bertz CT molecular complexity index is 584. The number of carbonyl (C=O) groups excluding carboxylic acids is 1. The Balaban J connectivity index is 1.37. The van der Waals surface area contributed by atoms with E-state index < -0.39 is 12.1 Å². The molecule has 0 bridgehead atoms. The van der Waals surface area contributed by atoms with Crippen LogP contribution >= 0.6 is 0 Å². The average Bonchev–Trinajstić information content (AvgIpc) is 3.27. The summed E-state index contributed by atoms with van der Waals surface area (Å²) in [6.07, 6.45) is 3.25. The molecule has 2 amide bonds. The molecule has 0 radical (unpaired) electrons. The fourth-order valence-electron chi connectivity index (χ4n) is 3.19. The maximum Gasteiger partial charge on any atom is 0.317 e. The Hall–Kier alpha value is -1.71. The second-order valence-corrected chi connectivity index (χ2v) is 6.65. The van der Waals surface area contributed by atoms with Crippen LogP contribution in [-0.2, 0) is 16.0 Å². The first-order valence-corrected chi connectivity index (χ1v) is 8.53. The minimum atomic E-state index is -0.716. The molecule has 24 heavy (non-hydrogen) atoms. The van der Waals surface area contributed by atoms with Crippen LogP contribution in [0.5, 0.6) is 0 Å². The highest BCUT2D eigenvalue weighted by Gasteiger charge is 2.39. The van der Waals surface area contributed by atoms with Gasteiger partial charge in [-0.3, -0.25) is 0 Å². The van der Waals surface area contributed by atoms with E-state index in [1.165, 1.54) is 12.8 Å². The van der Waals surface area contributed by atoms with E-state index in [0.717, 1.165) is 5.69 Å². The Morgan fingerprint density at radius 3 is 2.92 bits per heavy atom. The van der Waals surface area contributed by atoms with Crippen molar-refractivity contribution in [3.8, 4) is 0 Å². The van der Waals surface area contributed by atoms with Gasteiger partial charge in [0.15, 0.2) is 0 Å². The molecule has 132 valence electrons. The van der Waals surface area contributed by atoms with Gasteiger partial charge in [0.05, 0.1) is 38.1 Å². The molecule has 2 N–H and O–H groups in total. The lowest BCUT2D eigenvalue weighted by Gasteiger charge is -2.30. The zero-order chi connectivity index (χ0) is 16.5. The first-order chi connectivity index (χ1) is 11.7. The van der Waals surface area contributed by atoms with E-state index in [9.17, 15) is 9.90 Å². The molecule has 3 fully saturated rings. The van der Waals surface area contributed by atoms with E-state index in [4.69, 9.17) is 9.47 Å². The van der Waals surface area contributed by atoms with Crippen LogP contribution in [0.4, 0.5) is 4.79 Å². The fourth-order valence-corrected chi connectivity index (χ4v) is 3.19. The van der Waals surface area contributed by atoms with Crippen molar-refractivity contribution < 1.29 is 19.4 Å². The average molecular weight is 337 g/mol. The van der Waals surface area contributed by atoms with Crippen LogP contribution in [-0.4, -0.2) is 82.2 Å². The van der Waals surface area contributed by atoms with Gasteiger partial charge in [-0.1, -0.05) is 5.21 Å². The number of hydrogen-bond acceptors (Lipinski definition) is 6. The number of urea groups is 1. The number of ether oxygens (including phenoxy) is 2. The summed E-state index contributed by atoms with van der Waals surface area (Å²) in [7, 11) is 0. The number of aliphatic hydroxyl groups is 1. The van der Waals surface area contributed by atoms with Crippen molar-refractivity contribution in [2.24, 2.45) is 0 Å². The monoisotopic (exact) mass is 337 g/mol. The third-order valence-electron chi connectivity index (χ3n) is 4.80. The van der Waals surface area contributed by atoms with Gasteiger partial charge in [-0.15, -0.1) is 5.10 Å². The number of aromatic nitrogens is 3. The molecule has 1 aromatic heterocycles. The molecule has 0 spiro atoms. The van der Waals surface area contributed by atoms with Crippen LogP contribution in [0.25, 0.3) is 0 Å². The van der Waals surface area contributed by atoms with Crippen LogP contribution in [0.1, 0.15) is 24.5 Å². The second-order valence-electron chi connectivity index (χ2n) is 6.65. The van der Waals surface area contributed by atoms with Crippen LogP contribution < -0.4 is 5.32 Å². The van der Waals surface area contributed by atoms with Gasteiger partial charge in [-0.2, -0.15) is 0 Å². The lowest BCUT2D eigenvalue weighted by molar-refractivity contribution is 0.0489. The molecule has 1 aromatic rings. The van der Waals surface area contributed by atoms with Crippen molar-refractivity contribution in [3.05, 3.63) is 11.9 Å². The van der Waals surface area contributed by atoms with Crippen molar-refractivity contribution >= 4 is 6.03 Å². The summed E-state index contributed by atoms with van der Waals surface area (Å²) in [6, 6.07) is -0.635. The molecule has 3 atom stereocenters. The zero-order valence-corrected chi connectivity index (χ0v) is 13.5. The Kier molecular flexibility index (Phi) is 4.38. The quantitative estimate of drug-likeness (QED) is 0.755. The molecule has 1 saturated carbocycles. The molecule has 3 heterocycles.